The third kappa shape index (κ3) is 36.9. The van der Waals surface area contributed by atoms with Crippen molar-refractivity contribution in [1.82, 2.24) is 68.7 Å². The molecule has 0 spiro atoms. The van der Waals surface area contributed by atoms with Crippen LogP contribution >= 0.6 is 68.6 Å². The summed E-state index contributed by atoms with van der Waals surface area (Å²) in [6.07, 6.45) is -2.10. The van der Waals surface area contributed by atoms with Crippen LogP contribution in [0.1, 0.15) is 136 Å². The first-order valence-corrected chi connectivity index (χ1v) is 45.6. The third-order valence-electron chi connectivity index (χ3n) is 18.2. The van der Waals surface area contributed by atoms with Crippen molar-refractivity contribution in [1.29, 1.82) is 0 Å². The number of hydrogen-bond acceptors (Lipinski definition) is 24. The van der Waals surface area contributed by atoms with Gasteiger partial charge in [-0.2, -0.15) is 47.0 Å². The van der Waals surface area contributed by atoms with Gasteiger partial charge in [0.2, 0.25) is 82.7 Å². The lowest BCUT2D eigenvalue weighted by Gasteiger charge is -2.31. The van der Waals surface area contributed by atoms with Gasteiger partial charge >= 0.3 is 11.9 Å². The van der Waals surface area contributed by atoms with Crippen LogP contribution in [0.15, 0.2) is 72.8 Å². The lowest BCUT2D eigenvalue weighted by Crippen LogP contribution is -2.61. The fourth-order valence-corrected chi connectivity index (χ4v) is 17.7. The highest BCUT2D eigenvalue weighted by molar-refractivity contribution is 8.76. The van der Waals surface area contributed by atoms with E-state index in [9.17, 15) is 92.0 Å². The zero-order valence-corrected chi connectivity index (χ0v) is 73.9. The summed E-state index contributed by atoms with van der Waals surface area (Å²) in [6.45, 7) is 20.1. The Morgan fingerprint density at radius 2 is 1.13 bits per heavy atom. The lowest BCUT2D eigenvalue weighted by atomic mass is 10.0. The molecule has 34 nitrogen and oxygen atoms in total. The molecule has 119 heavy (non-hydrogen) atoms. The van der Waals surface area contributed by atoms with Crippen LogP contribution in [-0.2, 0) is 94.6 Å². The van der Waals surface area contributed by atoms with Gasteiger partial charge in [-0.3, -0.25) is 71.9 Å². The quantitative estimate of drug-likeness (QED) is 0.0394. The molecule has 2 aliphatic rings. The zero-order valence-electron chi connectivity index (χ0n) is 69.0. The number of aliphatic carboxylic acids is 2. The summed E-state index contributed by atoms with van der Waals surface area (Å²) in [5.41, 5.74) is 16.3. The fourth-order valence-electron chi connectivity index (χ4n) is 11.6. The van der Waals surface area contributed by atoms with Gasteiger partial charge < -0.3 is 95.5 Å². The average Bonchev–Trinajstić information content (AvgIpc) is 1.73. The number of primary amides is 1. The van der Waals surface area contributed by atoms with Gasteiger partial charge in [0.1, 0.15) is 78.3 Å². The summed E-state index contributed by atoms with van der Waals surface area (Å²) in [5, 5.41) is 60.9. The number of thioether (sulfide) groups is 4. The van der Waals surface area contributed by atoms with Gasteiger partial charge in [-0.1, -0.05) is 149 Å². The molecular formula is C79H115N15O19S6. The van der Waals surface area contributed by atoms with Crippen molar-refractivity contribution in [3.05, 3.63) is 101 Å². The van der Waals surface area contributed by atoms with Crippen molar-refractivity contribution in [2.24, 2.45) is 17.4 Å². The minimum Gasteiger partial charge on any atom is -0.508 e. The molecule has 13 atom stereocenters. The Labute approximate surface area is 718 Å². The van der Waals surface area contributed by atoms with Crippen LogP contribution in [0.25, 0.3) is 0 Å². The van der Waals surface area contributed by atoms with E-state index in [4.69, 9.17) is 11.5 Å². The third-order valence-corrected chi connectivity index (χ3v) is 25.6. The number of phenols is 1. The summed E-state index contributed by atoms with van der Waals surface area (Å²) in [7, 11) is 1.71. The van der Waals surface area contributed by atoms with Crippen molar-refractivity contribution in [3.63, 3.8) is 0 Å². The van der Waals surface area contributed by atoms with Gasteiger partial charge in [0.15, 0.2) is 0 Å². The molecule has 19 N–H and O–H groups in total. The Balaban J connectivity index is 1.52. The standard InChI is InChI=1S/C79H115N15O19S6/c1-42(2)30-53-69(104)92-57(38-115-35-49-21-17-44(4)18-22-49)72(107)93-58(39-117-79(10,11)12)73(108)88-54(32-62(81)96)76(111)94-29-13-14-61(94)75(110)84-46(6)66(101)90-59(40-118-119-41-60(91-67(102)51(80)36-116-78(7,8)9)74(109)86-52(68(103)87-53)27-28-64(98)99)70(105)83-45(5)65(100)82-33-63(97)85-56(37-114-34-48-19-15-43(3)16-20-48)71(106)89-55(77(112)113)31-47-23-25-50(95)26-24-47/h15-26,42,45-46,51-61,95H,13-14,27-41,80H2,1-12H3,(H2,81,96)(H,82,100)(H,83,105)(H,84,110)(H,85,97)(H,86,109)(H,87,103)(H,88,108)(H,89,106)(H,90,101)(H,91,102)(H,92,104)(H,93,107)(H,98,99)(H,112,113)/t45-,46-,51-,52-,53-,54-,55-,56-,57-,58?,59-,60?,61-/m0/s1. The number of phenolic OH excluding ortho intramolecular Hbond substituents is 1. The fraction of sp³-hybridized carbons (Fsp3) is 0.570. The van der Waals surface area contributed by atoms with Crippen molar-refractivity contribution in [2.75, 3.05) is 47.6 Å². The maximum atomic E-state index is 14.9. The number of fused-ring (bicyclic) bond motifs is 1. The number of carboxylic acids is 2. The lowest BCUT2D eigenvalue weighted by molar-refractivity contribution is -0.143. The molecule has 0 aliphatic carbocycles. The molecule has 0 aromatic heterocycles. The number of aryl methyl sites for hydroxylation is 2. The molecule has 3 aromatic carbocycles. The minimum absolute atomic E-state index is 0.0192. The summed E-state index contributed by atoms with van der Waals surface area (Å²) < 4.78 is -0.925. The summed E-state index contributed by atoms with van der Waals surface area (Å²) >= 11 is 5.08. The minimum atomic E-state index is -1.73. The molecule has 2 fully saturated rings. The molecule has 0 bridgehead atoms. The van der Waals surface area contributed by atoms with E-state index >= 15 is 0 Å². The van der Waals surface area contributed by atoms with E-state index in [2.05, 4.69) is 63.8 Å². The Morgan fingerprint density at radius 1 is 0.588 bits per heavy atom. The number of nitrogens with zero attached hydrogens (tertiary/aromatic N) is 1. The van der Waals surface area contributed by atoms with Crippen LogP contribution in [-0.4, -0.2) is 251 Å². The Bertz CT molecular complexity index is 4030. The average molecular weight is 1770 g/mol. The van der Waals surface area contributed by atoms with Gasteiger partial charge in [-0.05, 0) is 88.1 Å². The van der Waals surface area contributed by atoms with Gasteiger partial charge in [-0.25, -0.2) is 4.79 Å². The van der Waals surface area contributed by atoms with Crippen LogP contribution in [0, 0.1) is 19.8 Å². The largest absolute Gasteiger partial charge is 0.508 e. The molecule has 3 aromatic rings. The second-order valence-corrected chi connectivity index (χ2v) is 39.7. The van der Waals surface area contributed by atoms with Crippen LogP contribution in [0.3, 0.4) is 0 Å². The Hall–Kier alpha value is -8.96. The first-order valence-electron chi connectivity index (χ1n) is 38.8. The number of hydrogen-bond donors (Lipinski definition) is 17. The highest BCUT2D eigenvalue weighted by Crippen LogP contribution is 2.28. The van der Waals surface area contributed by atoms with Gasteiger partial charge in [0, 0.05) is 74.9 Å². The maximum Gasteiger partial charge on any atom is 0.326 e. The van der Waals surface area contributed by atoms with Gasteiger partial charge in [0.05, 0.1) is 19.0 Å². The van der Waals surface area contributed by atoms with Gasteiger partial charge in [0.25, 0.3) is 0 Å². The number of nitrogens with two attached hydrogens (primary N) is 2. The molecule has 0 radical (unpaired) electrons. The first kappa shape index (κ1) is 101. The van der Waals surface area contributed by atoms with Crippen molar-refractivity contribution < 1.29 is 92.0 Å². The smallest absolute Gasteiger partial charge is 0.326 e. The van der Waals surface area contributed by atoms with E-state index in [1.54, 1.807) is 13.8 Å². The number of nitrogens with one attached hydrogen (secondary N) is 12. The maximum absolute atomic E-state index is 14.9. The molecule has 2 saturated heterocycles. The Kier molecular flexibility index (Phi) is 41.5. The molecular weight excluding hydrogens is 1660 g/mol. The number of carboxylic acid groups (broad SMARTS) is 2. The second-order valence-electron chi connectivity index (χ2n) is 31.4. The molecule has 656 valence electrons. The van der Waals surface area contributed by atoms with Gasteiger partial charge in [-0.15, -0.1) is 0 Å². The molecule has 2 heterocycles. The molecule has 14 amide bonds. The number of aromatic hydroxyl groups is 1. The molecule has 40 heteroatoms. The molecule has 2 unspecified atom stereocenters. The van der Waals surface area contributed by atoms with E-state index in [1.165, 1.54) is 85.2 Å². The van der Waals surface area contributed by atoms with Crippen LogP contribution < -0.4 is 75.3 Å². The van der Waals surface area contributed by atoms with Crippen LogP contribution in [0.5, 0.6) is 5.75 Å². The summed E-state index contributed by atoms with van der Waals surface area (Å²) in [4.78, 5) is 227. The molecule has 5 rings (SSSR count). The highest BCUT2D eigenvalue weighted by atomic mass is 33.1. The van der Waals surface area contributed by atoms with E-state index in [-0.39, 0.29) is 71.7 Å². The number of benzene rings is 3. The van der Waals surface area contributed by atoms with E-state index in [0.29, 0.717) is 17.1 Å². The van der Waals surface area contributed by atoms with Crippen molar-refractivity contribution in [3.8, 4) is 5.75 Å². The zero-order chi connectivity index (χ0) is 88.6. The van der Waals surface area contributed by atoms with Crippen molar-refractivity contribution in [2.45, 2.75) is 228 Å². The van der Waals surface area contributed by atoms with Crippen LogP contribution in [0.4, 0.5) is 0 Å². The molecule has 0 saturated carbocycles. The summed E-state index contributed by atoms with van der Waals surface area (Å²) in [5.74, 6) is -16.8. The predicted molar refractivity (Wildman–Crippen MR) is 462 cm³/mol. The van der Waals surface area contributed by atoms with Crippen molar-refractivity contribution >= 4 is 163 Å². The number of carbonyl (C=O) groups excluding carboxylic acids is 14. The van der Waals surface area contributed by atoms with E-state index in [1.807, 2.05) is 104 Å². The predicted octanol–water partition coefficient (Wildman–Crippen LogP) is 1.55. The number of carbonyl (C=O) groups is 16. The molecule has 2 aliphatic heterocycles. The normalized spacial score (nSPS) is 21.6. The monoisotopic (exact) mass is 1770 g/mol. The summed E-state index contributed by atoms with van der Waals surface area (Å²) in [6, 6.07) is 1.24. The topological polar surface area (TPSA) is 533 Å². The second kappa shape index (κ2) is 49.1. The number of rotatable bonds is 32. The first-order chi connectivity index (χ1) is 55.8. The highest BCUT2D eigenvalue weighted by Gasteiger charge is 2.42. The SMILES string of the molecule is Cc1ccc(CSC[C@H](NC(=O)CNC(=O)[C@H](C)NC(=O)[C@@H]2CSSCC(NC(=O)[C@@H](N)CSC(C)(C)C)C(=O)N[C@@H](CCC(=O)O)C(=O)N[C@@H](CC(C)C)C(=O)N[C@@H](CSCc3ccc(C)cc3)C(=O)NC(CSC(C)(C)C)C(=O)N[C@@H](CC(N)=O)C(=O)N3CCC[C@H]3C(=O)N[C@@H](C)C(=O)N2)C(=O)N[C@@H](Cc2ccc(O)cc2)C(=O)O)cc1. The number of amides is 14. The van der Waals surface area contributed by atoms with E-state index in [0.717, 1.165) is 48.7 Å². The Morgan fingerprint density at radius 3 is 1.70 bits per heavy atom. The van der Waals surface area contributed by atoms with Crippen LogP contribution in [0.2, 0.25) is 0 Å². The van der Waals surface area contributed by atoms with E-state index < -0.39 is 215 Å².